The molecule has 2 aromatic carbocycles. The van der Waals surface area contributed by atoms with Crippen molar-refractivity contribution in [3.63, 3.8) is 0 Å². The normalized spacial score (nSPS) is 16.3. The van der Waals surface area contributed by atoms with Gasteiger partial charge in [-0.1, -0.05) is 35.9 Å². The number of para-hydroxylation sites is 1. The summed E-state index contributed by atoms with van der Waals surface area (Å²) >= 11 is 0. The summed E-state index contributed by atoms with van der Waals surface area (Å²) in [6, 6.07) is 15.4. The van der Waals surface area contributed by atoms with Gasteiger partial charge in [0, 0.05) is 24.3 Å². The van der Waals surface area contributed by atoms with Crippen molar-refractivity contribution in [2.24, 2.45) is 0 Å². The number of H-pyrrole nitrogens is 1. The maximum absolute atomic E-state index is 13.2. The van der Waals surface area contributed by atoms with Crippen molar-refractivity contribution in [3.8, 4) is 0 Å². The molecule has 2 heterocycles. The molecule has 0 saturated carbocycles. The molecule has 1 N–H and O–H groups in total. The Bertz CT molecular complexity index is 1080. The predicted octanol–water partition coefficient (Wildman–Crippen LogP) is 3.97. The molecule has 1 amide bonds. The van der Waals surface area contributed by atoms with E-state index in [1.165, 1.54) is 0 Å². The SMILES string of the molecule is Cc1ccc(C(=O)N(Cc2cc3cccc(C)c3[nH]c2=O)C[C@@H]2CCCO2)cc1. The van der Waals surface area contributed by atoms with E-state index in [0.29, 0.717) is 17.7 Å². The summed E-state index contributed by atoms with van der Waals surface area (Å²) in [5.41, 5.74) is 4.03. The molecule has 1 atom stereocenters. The molecule has 1 saturated heterocycles. The number of hydrogen-bond donors (Lipinski definition) is 1. The summed E-state index contributed by atoms with van der Waals surface area (Å²) in [7, 11) is 0. The second-order valence-corrected chi connectivity index (χ2v) is 7.85. The highest BCUT2D eigenvalue weighted by molar-refractivity contribution is 5.94. The summed E-state index contributed by atoms with van der Waals surface area (Å²) in [5.74, 6) is -0.0794. The second-order valence-electron chi connectivity index (χ2n) is 7.85. The molecule has 1 fully saturated rings. The quantitative estimate of drug-likeness (QED) is 0.717. The van der Waals surface area contributed by atoms with Crippen LogP contribution < -0.4 is 5.56 Å². The zero-order valence-electron chi connectivity index (χ0n) is 16.9. The number of ether oxygens (including phenoxy) is 1. The summed E-state index contributed by atoms with van der Waals surface area (Å²) < 4.78 is 5.76. The van der Waals surface area contributed by atoms with Crippen LogP contribution in [0.2, 0.25) is 0 Å². The average Bonchev–Trinajstić information content (AvgIpc) is 3.22. The van der Waals surface area contributed by atoms with E-state index in [4.69, 9.17) is 4.74 Å². The third-order valence-electron chi connectivity index (χ3n) is 5.56. The maximum Gasteiger partial charge on any atom is 0.254 e. The van der Waals surface area contributed by atoms with Crippen LogP contribution in [-0.2, 0) is 11.3 Å². The van der Waals surface area contributed by atoms with Gasteiger partial charge in [0.05, 0.1) is 18.2 Å². The van der Waals surface area contributed by atoms with E-state index >= 15 is 0 Å². The van der Waals surface area contributed by atoms with Gasteiger partial charge in [-0.15, -0.1) is 0 Å². The van der Waals surface area contributed by atoms with Gasteiger partial charge < -0.3 is 14.6 Å². The van der Waals surface area contributed by atoms with Crippen LogP contribution in [0.1, 0.15) is 39.9 Å². The van der Waals surface area contributed by atoms with Gasteiger partial charge in [-0.05, 0) is 55.8 Å². The first-order chi connectivity index (χ1) is 14.0. The van der Waals surface area contributed by atoms with E-state index < -0.39 is 0 Å². The van der Waals surface area contributed by atoms with Gasteiger partial charge in [0.1, 0.15) is 0 Å². The number of fused-ring (bicyclic) bond motifs is 1. The molecular weight excluding hydrogens is 364 g/mol. The summed E-state index contributed by atoms with van der Waals surface area (Å²) in [5, 5.41) is 0.972. The number of rotatable bonds is 5. The van der Waals surface area contributed by atoms with E-state index in [-0.39, 0.29) is 24.1 Å². The molecule has 0 spiro atoms. The average molecular weight is 390 g/mol. The fourth-order valence-corrected chi connectivity index (χ4v) is 3.88. The van der Waals surface area contributed by atoms with Crippen molar-refractivity contribution in [1.29, 1.82) is 0 Å². The molecule has 1 aliphatic rings. The van der Waals surface area contributed by atoms with Crippen LogP contribution >= 0.6 is 0 Å². The highest BCUT2D eigenvalue weighted by atomic mass is 16.5. The Hall–Kier alpha value is -2.92. The lowest BCUT2D eigenvalue weighted by Gasteiger charge is -2.25. The lowest BCUT2D eigenvalue weighted by atomic mass is 10.1. The minimum atomic E-state index is -0.152. The zero-order valence-corrected chi connectivity index (χ0v) is 16.9. The predicted molar refractivity (Wildman–Crippen MR) is 114 cm³/mol. The van der Waals surface area contributed by atoms with Crippen LogP contribution in [-0.4, -0.2) is 35.0 Å². The molecule has 5 heteroatoms. The minimum absolute atomic E-state index is 0.0196. The number of hydrogen-bond acceptors (Lipinski definition) is 3. The number of aryl methyl sites for hydroxylation is 2. The number of aromatic amines is 1. The highest BCUT2D eigenvalue weighted by Gasteiger charge is 2.24. The second kappa shape index (κ2) is 8.21. The first kappa shape index (κ1) is 19.4. The minimum Gasteiger partial charge on any atom is -0.376 e. The molecule has 0 unspecified atom stereocenters. The van der Waals surface area contributed by atoms with Gasteiger partial charge >= 0.3 is 0 Å². The molecule has 3 aromatic rings. The van der Waals surface area contributed by atoms with Crippen molar-refractivity contribution in [2.75, 3.05) is 13.2 Å². The molecule has 150 valence electrons. The molecule has 4 rings (SSSR count). The van der Waals surface area contributed by atoms with Gasteiger partial charge in [-0.25, -0.2) is 0 Å². The Labute approximate surface area is 170 Å². The van der Waals surface area contributed by atoms with Crippen LogP contribution in [0.3, 0.4) is 0 Å². The Balaban J connectivity index is 1.66. The van der Waals surface area contributed by atoms with Gasteiger partial charge in [0.15, 0.2) is 0 Å². The number of amides is 1. The molecule has 0 aliphatic carbocycles. The third-order valence-corrected chi connectivity index (χ3v) is 5.56. The van der Waals surface area contributed by atoms with Crippen LogP contribution in [0.4, 0.5) is 0 Å². The number of benzene rings is 2. The summed E-state index contributed by atoms with van der Waals surface area (Å²) in [6.07, 6.45) is 1.96. The van der Waals surface area contributed by atoms with E-state index in [2.05, 4.69) is 4.98 Å². The smallest absolute Gasteiger partial charge is 0.254 e. The standard InChI is InChI=1S/C24H26N2O3/c1-16-8-10-18(11-9-16)24(28)26(15-21-7-4-12-29-21)14-20-13-19-6-3-5-17(2)22(19)25-23(20)27/h3,5-6,8-11,13,21H,4,7,12,14-15H2,1-2H3,(H,25,27)/t21-/m0/s1. The number of aromatic nitrogens is 1. The fourth-order valence-electron chi connectivity index (χ4n) is 3.88. The van der Waals surface area contributed by atoms with Crippen LogP contribution in [0.25, 0.3) is 10.9 Å². The van der Waals surface area contributed by atoms with Gasteiger partial charge in [-0.3, -0.25) is 9.59 Å². The highest BCUT2D eigenvalue weighted by Crippen LogP contribution is 2.19. The Morgan fingerprint density at radius 2 is 1.97 bits per heavy atom. The Morgan fingerprint density at radius 1 is 1.17 bits per heavy atom. The Morgan fingerprint density at radius 3 is 2.69 bits per heavy atom. The van der Waals surface area contributed by atoms with Crippen molar-refractivity contribution in [3.05, 3.63) is 81.1 Å². The van der Waals surface area contributed by atoms with E-state index in [1.807, 2.05) is 62.4 Å². The van der Waals surface area contributed by atoms with E-state index in [1.54, 1.807) is 4.90 Å². The molecule has 0 radical (unpaired) electrons. The number of nitrogens with one attached hydrogen (secondary N) is 1. The van der Waals surface area contributed by atoms with E-state index in [0.717, 1.165) is 41.5 Å². The van der Waals surface area contributed by atoms with Crippen molar-refractivity contribution in [2.45, 2.75) is 39.3 Å². The Kier molecular flexibility index (Phi) is 5.49. The lowest BCUT2D eigenvalue weighted by Crippen LogP contribution is -2.38. The zero-order chi connectivity index (χ0) is 20.4. The largest absolute Gasteiger partial charge is 0.376 e. The molecular formula is C24H26N2O3. The van der Waals surface area contributed by atoms with Crippen molar-refractivity contribution >= 4 is 16.8 Å². The molecule has 29 heavy (non-hydrogen) atoms. The molecule has 1 aliphatic heterocycles. The first-order valence-electron chi connectivity index (χ1n) is 10.1. The number of carbonyl (C=O) groups is 1. The fraction of sp³-hybridized carbons (Fsp3) is 0.333. The number of carbonyl (C=O) groups excluding carboxylic acids is 1. The molecule has 1 aromatic heterocycles. The molecule has 0 bridgehead atoms. The van der Waals surface area contributed by atoms with Crippen LogP contribution in [0.15, 0.2) is 53.3 Å². The monoisotopic (exact) mass is 390 g/mol. The van der Waals surface area contributed by atoms with Crippen LogP contribution in [0.5, 0.6) is 0 Å². The first-order valence-corrected chi connectivity index (χ1v) is 10.1. The number of pyridine rings is 1. The molecule has 5 nitrogen and oxygen atoms in total. The van der Waals surface area contributed by atoms with E-state index in [9.17, 15) is 9.59 Å². The third kappa shape index (κ3) is 4.25. The number of nitrogens with zero attached hydrogens (tertiary/aromatic N) is 1. The summed E-state index contributed by atoms with van der Waals surface area (Å²) in [6.45, 7) is 5.44. The lowest BCUT2D eigenvalue weighted by molar-refractivity contribution is 0.0506. The maximum atomic E-state index is 13.2. The van der Waals surface area contributed by atoms with Gasteiger partial charge in [0.25, 0.3) is 11.5 Å². The van der Waals surface area contributed by atoms with Crippen LogP contribution in [0, 0.1) is 13.8 Å². The summed E-state index contributed by atoms with van der Waals surface area (Å²) in [4.78, 5) is 30.7. The topological polar surface area (TPSA) is 62.4 Å². The van der Waals surface area contributed by atoms with Gasteiger partial charge in [-0.2, -0.15) is 0 Å². The van der Waals surface area contributed by atoms with Gasteiger partial charge in [0.2, 0.25) is 0 Å². The van der Waals surface area contributed by atoms with Crippen molar-refractivity contribution in [1.82, 2.24) is 9.88 Å². The van der Waals surface area contributed by atoms with Crippen molar-refractivity contribution < 1.29 is 9.53 Å².